The second-order valence-corrected chi connectivity index (χ2v) is 10.9. The smallest absolute Gasteiger partial charge is 0.281 e. The van der Waals surface area contributed by atoms with E-state index in [1.165, 1.54) is 0 Å². The summed E-state index contributed by atoms with van der Waals surface area (Å²) in [6.45, 7) is 2.33. The van der Waals surface area contributed by atoms with Crippen molar-refractivity contribution in [2.75, 3.05) is 12.8 Å². The molecule has 6 nitrogen and oxygen atoms in total. The number of ether oxygens (including phenoxy) is 1. The van der Waals surface area contributed by atoms with Crippen molar-refractivity contribution < 1.29 is 22.1 Å². The largest absolute Gasteiger partial charge is 0.331 e. The van der Waals surface area contributed by atoms with Crippen molar-refractivity contribution in [3.05, 3.63) is 94.0 Å². The van der Waals surface area contributed by atoms with Gasteiger partial charge in [0.05, 0.1) is 22.8 Å². The number of hydrogen-bond donors (Lipinski definition) is 0. The fraction of sp³-hybridized carbons (Fsp3) is 0.269. The number of carbonyl (C=O) groups excluding carboxylic acids is 1. The third-order valence-corrected chi connectivity index (χ3v) is 7.27. The quantitative estimate of drug-likeness (QED) is 0.368. The highest BCUT2D eigenvalue weighted by Gasteiger charge is 2.47. The van der Waals surface area contributed by atoms with E-state index in [4.69, 9.17) is 32.1 Å². The Morgan fingerprint density at radius 2 is 1.66 bits per heavy atom. The second-order valence-electron chi connectivity index (χ2n) is 8.48. The third-order valence-electron chi connectivity index (χ3n) is 6.01. The van der Waals surface area contributed by atoms with Crippen LogP contribution in [0.1, 0.15) is 24.5 Å². The van der Waals surface area contributed by atoms with Crippen molar-refractivity contribution in [1.29, 1.82) is 0 Å². The normalized spacial score (nSPS) is 20.7. The number of nitrogens with zero attached hydrogens (tertiary/aromatic N) is 1. The van der Waals surface area contributed by atoms with Crippen LogP contribution in [0.15, 0.2) is 72.8 Å². The molecule has 0 aliphatic carbocycles. The molecule has 1 fully saturated rings. The van der Waals surface area contributed by atoms with E-state index in [1.807, 2.05) is 61.5 Å². The van der Waals surface area contributed by atoms with Crippen LogP contribution in [0, 0.1) is 0 Å². The molecule has 0 radical (unpaired) electrons. The highest BCUT2D eigenvalue weighted by Crippen LogP contribution is 2.39. The molecule has 1 heterocycles. The molecular weight excluding hydrogens is 509 g/mol. The molecule has 3 aromatic rings. The Morgan fingerprint density at radius 3 is 2.26 bits per heavy atom. The first-order chi connectivity index (χ1) is 16.6. The van der Waals surface area contributed by atoms with E-state index in [0.29, 0.717) is 22.0 Å². The van der Waals surface area contributed by atoms with Crippen LogP contribution in [-0.2, 0) is 36.0 Å². The summed E-state index contributed by atoms with van der Waals surface area (Å²) in [4.78, 5) is 14.8. The Morgan fingerprint density at radius 1 is 1.00 bits per heavy atom. The number of benzene rings is 3. The summed E-state index contributed by atoms with van der Waals surface area (Å²) >= 11 is 12.4. The van der Waals surface area contributed by atoms with Crippen molar-refractivity contribution in [3.63, 3.8) is 0 Å². The molecule has 4 rings (SSSR count). The molecule has 1 aliphatic rings. The Hall–Kier alpha value is -2.42. The molecule has 1 amide bonds. The number of hydrogen-bond acceptors (Lipinski definition) is 5. The van der Waals surface area contributed by atoms with Crippen LogP contribution in [0.25, 0.3) is 11.1 Å². The lowest BCUT2D eigenvalue weighted by Crippen LogP contribution is -2.57. The first kappa shape index (κ1) is 25.7. The van der Waals surface area contributed by atoms with E-state index in [9.17, 15) is 13.2 Å². The number of halogens is 2. The number of amides is 1. The maximum atomic E-state index is 13.2. The minimum absolute atomic E-state index is 0.185. The summed E-state index contributed by atoms with van der Waals surface area (Å²) < 4.78 is 34.9. The standard InChI is InChI=1S/C26H25Cl2NO5S/c1-3-26(21-13-14-22(27)23(28)15-21)17-29(24(30)25(33-26)34-35(2,31)32)16-18-9-11-20(12-10-18)19-7-5-4-6-8-19/h4-15,25H,3,16-17H2,1-2H3. The summed E-state index contributed by atoms with van der Waals surface area (Å²) in [5.74, 6) is -0.563. The van der Waals surface area contributed by atoms with Gasteiger partial charge in [0.1, 0.15) is 5.60 Å². The van der Waals surface area contributed by atoms with Crippen LogP contribution in [0.5, 0.6) is 0 Å². The fourth-order valence-corrected chi connectivity index (χ4v) is 4.91. The van der Waals surface area contributed by atoms with Crippen molar-refractivity contribution in [2.45, 2.75) is 31.8 Å². The lowest BCUT2D eigenvalue weighted by Gasteiger charge is -2.45. The van der Waals surface area contributed by atoms with Crippen molar-refractivity contribution in [2.24, 2.45) is 0 Å². The van der Waals surface area contributed by atoms with Gasteiger partial charge >= 0.3 is 0 Å². The van der Waals surface area contributed by atoms with Crippen LogP contribution >= 0.6 is 23.2 Å². The van der Waals surface area contributed by atoms with E-state index < -0.39 is 27.9 Å². The molecule has 2 atom stereocenters. The minimum Gasteiger partial charge on any atom is -0.331 e. The van der Waals surface area contributed by atoms with Gasteiger partial charge in [0.25, 0.3) is 22.3 Å². The average molecular weight is 534 g/mol. The van der Waals surface area contributed by atoms with Crippen LogP contribution in [0.4, 0.5) is 0 Å². The molecule has 9 heteroatoms. The van der Waals surface area contributed by atoms with Crippen molar-refractivity contribution in [1.82, 2.24) is 4.90 Å². The molecule has 0 aromatic heterocycles. The van der Waals surface area contributed by atoms with Gasteiger partial charge in [-0.15, -0.1) is 0 Å². The van der Waals surface area contributed by atoms with Gasteiger partial charge in [0.15, 0.2) is 0 Å². The second kappa shape index (κ2) is 10.3. The zero-order valence-electron chi connectivity index (χ0n) is 19.3. The summed E-state index contributed by atoms with van der Waals surface area (Å²) in [5.41, 5.74) is 2.67. The highest BCUT2D eigenvalue weighted by molar-refractivity contribution is 7.86. The van der Waals surface area contributed by atoms with Crippen molar-refractivity contribution >= 4 is 39.2 Å². The minimum atomic E-state index is -3.96. The summed E-state index contributed by atoms with van der Waals surface area (Å²) in [5, 5.41) is 0.717. The lowest BCUT2D eigenvalue weighted by molar-refractivity contribution is -0.226. The number of carbonyl (C=O) groups is 1. The molecule has 3 aromatic carbocycles. The van der Waals surface area contributed by atoms with E-state index in [2.05, 4.69) is 0 Å². The Balaban J connectivity index is 1.66. The molecule has 0 saturated carbocycles. The molecule has 0 spiro atoms. The van der Waals surface area contributed by atoms with Gasteiger partial charge in [-0.1, -0.05) is 90.8 Å². The topological polar surface area (TPSA) is 72.9 Å². The van der Waals surface area contributed by atoms with Crippen molar-refractivity contribution in [3.8, 4) is 11.1 Å². The Labute approximate surface area is 215 Å². The molecule has 1 aliphatic heterocycles. The Kier molecular flexibility index (Phi) is 7.54. The van der Waals surface area contributed by atoms with E-state index in [0.717, 1.165) is 22.9 Å². The summed E-state index contributed by atoms with van der Waals surface area (Å²) in [7, 11) is -3.96. The van der Waals surface area contributed by atoms with Gasteiger partial charge in [-0.25, -0.2) is 4.18 Å². The lowest BCUT2D eigenvalue weighted by atomic mass is 9.88. The number of morpholine rings is 1. The third kappa shape index (κ3) is 5.88. The first-order valence-electron chi connectivity index (χ1n) is 11.0. The summed E-state index contributed by atoms with van der Waals surface area (Å²) in [6.07, 6.45) is -0.292. The van der Waals surface area contributed by atoms with Crippen LogP contribution in [0.2, 0.25) is 10.0 Å². The zero-order valence-corrected chi connectivity index (χ0v) is 21.6. The fourth-order valence-electron chi connectivity index (χ4n) is 4.17. The molecule has 2 unspecified atom stereocenters. The van der Waals surface area contributed by atoms with Gasteiger partial charge in [-0.2, -0.15) is 8.42 Å². The Bertz CT molecular complexity index is 1320. The number of rotatable bonds is 7. The maximum Gasteiger partial charge on any atom is 0.281 e. The van der Waals surface area contributed by atoms with Crippen LogP contribution < -0.4 is 0 Å². The van der Waals surface area contributed by atoms with Gasteiger partial charge in [0, 0.05) is 6.54 Å². The molecule has 184 valence electrons. The monoisotopic (exact) mass is 533 g/mol. The maximum absolute atomic E-state index is 13.2. The van der Waals surface area contributed by atoms with Gasteiger partial charge in [0.2, 0.25) is 0 Å². The average Bonchev–Trinajstić information content (AvgIpc) is 2.83. The molecule has 0 N–H and O–H groups in total. The highest BCUT2D eigenvalue weighted by atomic mass is 35.5. The molecule has 1 saturated heterocycles. The first-order valence-corrected chi connectivity index (χ1v) is 13.6. The summed E-state index contributed by atoms with van der Waals surface area (Å²) in [6, 6.07) is 22.9. The van der Waals surface area contributed by atoms with Gasteiger partial charge in [-0.05, 0) is 40.8 Å². The van der Waals surface area contributed by atoms with E-state index >= 15 is 0 Å². The molecule has 35 heavy (non-hydrogen) atoms. The van der Waals surface area contributed by atoms with E-state index in [1.54, 1.807) is 23.1 Å². The molecular formula is C26H25Cl2NO5S. The van der Waals surface area contributed by atoms with Gasteiger partial charge in [-0.3, -0.25) is 4.79 Å². The van der Waals surface area contributed by atoms with Crippen LogP contribution in [-0.4, -0.2) is 38.3 Å². The zero-order chi connectivity index (χ0) is 25.2. The van der Waals surface area contributed by atoms with Gasteiger partial charge < -0.3 is 9.64 Å². The SMILES string of the molecule is CCC1(c2ccc(Cl)c(Cl)c2)CN(Cc2ccc(-c3ccccc3)cc2)C(=O)C(OS(C)(=O)=O)O1. The predicted octanol–water partition coefficient (Wildman–Crippen LogP) is 5.63. The molecule has 0 bridgehead atoms. The van der Waals surface area contributed by atoms with Crippen LogP contribution in [0.3, 0.4) is 0 Å². The predicted molar refractivity (Wildman–Crippen MR) is 137 cm³/mol. The van der Waals surface area contributed by atoms with E-state index in [-0.39, 0.29) is 13.1 Å².